The number of imide groups is 1. The van der Waals surface area contributed by atoms with Gasteiger partial charge in [0.05, 0.1) is 5.52 Å². The predicted octanol–water partition coefficient (Wildman–Crippen LogP) is 3.79. The van der Waals surface area contributed by atoms with Gasteiger partial charge in [-0.25, -0.2) is 4.90 Å². The van der Waals surface area contributed by atoms with Crippen molar-refractivity contribution in [3.8, 4) is 0 Å². The lowest BCUT2D eigenvalue weighted by Crippen LogP contribution is -2.37. The third-order valence-corrected chi connectivity index (χ3v) is 3.64. The molecule has 1 aromatic heterocycles. The summed E-state index contributed by atoms with van der Waals surface area (Å²) in [5, 5.41) is 7.82. The normalized spacial score (nSPS) is 10.8. The number of rotatable bonds is 5. The average molecular weight is 352 g/mol. The zero-order valence-corrected chi connectivity index (χ0v) is 13.7. The van der Waals surface area contributed by atoms with E-state index >= 15 is 0 Å². The highest BCUT2D eigenvalue weighted by molar-refractivity contribution is 9.10. The average Bonchev–Trinajstić information content (AvgIpc) is 2.83. The molecular formula is C15H18BrN3O2. The van der Waals surface area contributed by atoms with Crippen LogP contribution in [-0.4, -0.2) is 22.0 Å². The van der Waals surface area contributed by atoms with Crippen LogP contribution < -0.4 is 4.90 Å². The molecule has 0 radical (unpaired) electrons. The minimum absolute atomic E-state index is 0.204. The summed E-state index contributed by atoms with van der Waals surface area (Å²) in [7, 11) is 0. The molecule has 2 rings (SSSR count). The molecule has 21 heavy (non-hydrogen) atoms. The third kappa shape index (κ3) is 3.32. The molecule has 1 aromatic carbocycles. The Kier molecular flexibility index (Phi) is 5.12. The second-order valence-corrected chi connectivity index (χ2v) is 5.78. The van der Waals surface area contributed by atoms with E-state index in [1.807, 2.05) is 32.0 Å². The Hall–Kier alpha value is -1.69. The van der Waals surface area contributed by atoms with Crippen molar-refractivity contribution in [3.05, 3.63) is 22.7 Å². The Morgan fingerprint density at radius 1 is 1.19 bits per heavy atom. The van der Waals surface area contributed by atoms with Gasteiger partial charge >= 0.3 is 0 Å². The van der Waals surface area contributed by atoms with Crippen LogP contribution in [0.2, 0.25) is 0 Å². The third-order valence-electron chi connectivity index (χ3n) is 3.14. The smallest absolute Gasteiger partial charge is 0.235 e. The quantitative estimate of drug-likeness (QED) is 0.890. The topological polar surface area (TPSA) is 66.1 Å². The zero-order valence-electron chi connectivity index (χ0n) is 12.1. The first-order valence-electron chi connectivity index (χ1n) is 7.07. The number of carbonyl (C=O) groups excluding carboxylic acids is 2. The number of hydrogen-bond donors (Lipinski definition) is 1. The molecule has 2 aromatic rings. The molecule has 0 saturated heterocycles. The van der Waals surface area contributed by atoms with Crippen molar-refractivity contribution in [3.63, 3.8) is 0 Å². The summed E-state index contributed by atoms with van der Waals surface area (Å²) < 4.78 is 0.878. The van der Waals surface area contributed by atoms with E-state index in [4.69, 9.17) is 0 Å². The Morgan fingerprint density at radius 2 is 1.81 bits per heavy atom. The van der Waals surface area contributed by atoms with Crippen LogP contribution >= 0.6 is 15.9 Å². The fourth-order valence-corrected chi connectivity index (χ4v) is 2.53. The second kappa shape index (κ2) is 6.85. The van der Waals surface area contributed by atoms with Crippen LogP contribution in [0.4, 0.5) is 5.82 Å². The minimum Gasteiger partial charge on any atom is -0.276 e. The number of nitrogens with zero attached hydrogens (tertiary/aromatic N) is 2. The van der Waals surface area contributed by atoms with Crippen molar-refractivity contribution >= 4 is 44.5 Å². The fourth-order valence-electron chi connectivity index (χ4n) is 2.17. The molecule has 0 saturated carbocycles. The first-order chi connectivity index (χ1) is 10.1. The number of H-pyrrole nitrogens is 1. The maximum absolute atomic E-state index is 12.3. The highest BCUT2D eigenvalue weighted by Crippen LogP contribution is 2.28. The number of anilines is 1. The van der Waals surface area contributed by atoms with Crippen LogP contribution in [0.3, 0.4) is 0 Å². The molecule has 0 bridgehead atoms. The lowest BCUT2D eigenvalue weighted by molar-refractivity contribution is -0.126. The summed E-state index contributed by atoms with van der Waals surface area (Å²) in [6.07, 6.45) is 2.05. The van der Waals surface area contributed by atoms with Crippen molar-refractivity contribution in [2.24, 2.45) is 0 Å². The van der Waals surface area contributed by atoms with Gasteiger partial charge in [-0.3, -0.25) is 14.7 Å². The van der Waals surface area contributed by atoms with Gasteiger partial charge in [0.15, 0.2) is 5.82 Å². The Morgan fingerprint density at radius 3 is 2.38 bits per heavy atom. The number of carbonyl (C=O) groups is 2. The Bertz CT molecular complexity index is 648. The number of amides is 2. The van der Waals surface area contributed by atoms with E-state index in [0.717, 1.165) is 15.4 Å². The van der Waals surface area contributed by atoms with Gasteiger partial charge in [-0.1, -0.05) is 29.8 Å². The Labute approximate surface area is 131 Å². The van der Waals surface area contributed by atoms with Gasteiger partial charge in [0.2, 0.25) is 11.8 Å². The SMILES string of the molecule is CCCC(=O)N(C(=O)CCC)c1n[nH]c2ccc(Br)cc12. The number of halogens is 1. The van der Waals surface area contributed by atoms with Crippen molar-refractivity contribution in [2.75, 3.05) is 4.90 Å². The molecule has 0 spiro atoms. The summed E-state index contributed by atoms with van der Waals surface area (Å²) in [6, 6.07) is 5.61. The predicted molar refractivity (Wildman–Crippen MR) is 86.1 cm³/mol. The molecule has 5 nitrogen and oxygen atoms in total. The number of nitrogens with one attached hydrogen (secondary N) is 1. The fraction of sp³-hybridized carbons (Fsp3) is 0.400. The van der Waals surface area contributed by atoms with Gasteiger partial charge in [-0.2, -0.15) is 5.10 Å². The van der Waals surface area contributed by atoms with Crippen LogP contribution in [0.15, 0.2) is 22.7 Å². The monoisotopic (exact) mass is 351 g/mol. The molecule has 1 heterocycles. The maximum atomic E-state index is 12.3. The number of hydrogen-bond acceptors (Lipinski definition) is 3. The number of aromatic amines is 1. The molecule has 0 aliphatic rings. The summed E-state index contributed by atoms with van der Waals surface area (Å²) in [5.74, 6) is -0.0168. The molecule has 112 valence electrons. The van der Waals surface area contributed by atoms with Crippen LogP contribution in [0.5, 0.6) is 0 Å². The van der Waals surface area contributed by atoms with Crippen LogP contribution in [0, 0.1) is 0 Å². The molecule has 0 atom stereocenters. The minimum atomic E-state index is -0.204. The number of fused-ring (bicyclic) bond motifs is 1. The van der Waals surface area contributed by atoms with Gasteiger partial charge < -0.3 is 0 Å². The van der Waals surface area contributed by atoms with Crippen LogP contribution in [0.1, 0.15) is 39.5 Å². The summed E-state index contributed by atoms with van der Waals surface area (Å²) in [4.78, 5) is 25.9. The molecule has 2 amide bonds. The summed E-state index contributed by atoms with van der Waals surface area (Å²) in [6.45, 7) is 3.83. The van der Waals surface area contributed by atoms with Crippen molar-refractivity contribution in [1.29, 1.82) is 0 Å². The lowest BCUT2D eigenvalue weighted by atomic mass is 10.2. The second-order valence-electron chi connectivity index (χ2n) is 4.86. The van der Waals surface area contributed by atoms with E-state index in [1.54, 1.807) is 0 Å². The number of aromatic nitrogens is 2. The van der Waals surface area contributed by atoms with Gasteiger partial charge in [-0.15, -0.1) is 0 Å². The summed E-state index contributed by atoms with van der Waals surface area (Å²) >= 11 is 3.41. The highest BCUT2D eigenvalue weighted by Gasteiger charge is 2.26. The van der Waals surface area contributed by atoms with E-state index in [1.165, 1.54) is 4.90 Å². The first kappa shape index (κ1) is 15.7. The van der Waals surface area contributed by atoms with Crippen LogP contribution in [-0.2, 0) is 9.59 Å². The molecule has 0 aliphatic heterocycles. The van der Waals surface area contributed by atoms with E-state index < -0.39 is 0 Å². The van der Waals surface area contributed by atoms with E-state index in [-0.39, 0.29) is 11.8 Å². The largest absolute Gasteiger partial charge is 0.276 e. The van der Waals surface area contributed by atoms with Crippen molar-refractivity contribution < 1.29 is 9.59 Å². The van der Waals surface area contributed by atoms with Crippen LogP contribution in [0.25, 0.3) is 10.9 Å². The standard InChI is InChI=1S/C15H18BrN3O2/c1-3-5-13(20)19(14(21)6-4-2)15-11-9-10(16)7-8-12(11)17-18-15/h7-9H,3-6H2,1-2H3,(H,17,18). The zero-order chi connectivity index (χ0) is 15.4. The van der Waals surface area contributed by atoms with E-state index in [9.17, 15) is 9.59 Å². The van der Waals surface area contributed by atoms with Crippen molar-refractivity contribution in [1.82, 2.24) is 10.2 Å². The molecule has 1 N–H and O–H groups in total. The van der Waals surface area contributed by atoms with E-state index in [2.05, 4.69) is 26.1 Å². The van der Waals surface area contributed by atoms with Crippen molar-refractivity contribution in [2.45, 2.75) is 39.5 Å². The Balaban J connectivity index is 2.49. The summed E-state index contributed by atoms with van der Waals surface area (Å²) in [5.41, 5.74) is 0.798. The number of benzene rings is 1. The lowest BCUT2D eigenvalue weighted by Gasteiger charge is -2.18. The molecule has 6 heteroatoms. The molecular weight excluding hydrogens is 334 g/mol. The molecule has 0 fully saturated rings. The highest BCUT2D eigenvalue weighted by atomic mass is 79.9. The van der Waals surface area contributed by atoms with Gasteiger partial charge in [0.25, 0.3) is 0 Å². The van der Waals surface area contributed by atoms with Gasteiger partial charge in [0, 0.05) is 22.7 Å². The van der Waals surface area contributed by atoms with E-state index in [0.29, 0.717) is 31.5 Å². The van der Waals surface area contributed by atoms with Gasteiger partial charge in [0.1, 0.15) is 0 Å². The first-order valence-corrected chi connectivity index (χ1v) is 7.87. The maximum Gasteiger partial charge on any atom is 0.235 e. The molecule has 0 aliphatic carbocycles. The molecule has 0 unspecified atom stereocenters. The van der Waals surface area contributed by atoms with Gasteiger partial charge in [-0.05, 0) is 31.0 Å².